The first-order valence-corrected chi connectivity index (χ1v) is 11.8. The molecule has 0 aliphatic rings. The molecule has 5 rings (SSSR count). The number of ether oxygens (including phenoxy) is 1. The fourth-order valence-electron chi connectivity index (χ4n) is 4.32. The molecule has 2 heterocycles. The van der Waals surface area contributed by atoms with Crippen molar-refractivity contribution in [3.8, 4) is 17.1 Å². The van der Waals surface area contributed by atoms with Crippen molar-refractivity contribution in [1.29, 1.82) is 0 Å². The number of aryl methyl sites for hydroxylation is 1. The largest absolute Gasteiger partial charge is 0.497 e. The Bertz CT molecular complexity index is 1460. The molecule has 1 atom stereocenters. The van der Waals surface area contributed by atoms with Crippen molar-refractivity contribution in [2.24, 2.45) is 0 Å². The van der Waals surface area contributed by atoms with E-state index in [9.17, 15) is 9.18 Å². The van der Waals surface area contributed by atoms with Crippen LogP contribution in [0.3, 0.4) is 0 Å². The number of para-hydroxylation sites is 1. The van der Waals surface area contributed by atoms with E-state index in [1.54, 1.807) is 25.4 Å². The second-order valence-electron chi connectivity index (χ2n) is 8.54. The Hall–Kier alpha value is -4.39. The molecule has 2 aromatic heterocycles. The van der Waals surface area contributed by atoms with Crippen LogP contribution >= 0.6 is 0 Å². The SMILES string of the molecule is COc1ccc(C(CNC(=O)CCc2ncc(-c3ccc(F)cc3)o2)c2c[nH]c3ccccc23)cc1. The summed E-state index contributed by atoms with van der Waals surface area (Å²) in [4.78, 5) is 20.3. The molecule has 0 bridgehead atoms. The van der Waals surface area contributed by atoms with Crippen molar-refractivity contribution in [2.45, 2.75) is 18.8 Å². The number of rotatable bonds is 9. The maximum Gasteiger partial charge on any atom is 0.220 e. The van der Waals surface area contributed by atoms with Gasteiger partial charge < -0.3 is 19.5 Å². The molecule has 0 spiro atoms. The highest BCUT2D eigenvalue weighted by Gasteiger charge is 2.19. The maximum atomic E-state index is 13.2. The van der Waals surface area contributed by atoms with Crippen LogP contribution in [0.4, 0.5) is 4.39 Å². The Kier molecular flexibility index (Phi) is 6.80. The van der Waals surface area contributed by atoms with E-state index in [0.29, 0.717) is 24.6 Å². The van der Waals surface area contributed by atoms with Crippen LogP contribution < -0.4 is 10.1 Å². The molecule has 0 saturated heterocycles. The van der Waals surface area contributed by atoms with E-state index in [1.165, 1.54) is 12.1 Å². The second kappa shape index (κ2) is 10.5. The van der Waals surface area contributed by atoms with Crippen molar-refractivity contribution in [3.63, 3.8) is 0 Å². The third-order valence-corrected chi connectivity index (χ3v) is 6.27. The van der Waals surface area contributed by atoms with Gasteiger partial charge in [0.15, 0.2) is 11.7 Å². The van der Waals surface area contributed by atoms with Gasteiger partial charge in [0.25, 0.3) is 0 Å². The summed E-state index contributed by atoms with van der Waals surface area (Å²) in [5, 5.41) is 4.21. The molecule has 7 heteroatoms. The number of hydrogen-bond donors (Lipinski definition) is 2. The summed E-state index contributed by atoms with van der Waals surface area (Å²) < 4.78 is 24.2. The lowest BCUT2D eigenvalue weighted by Crippen LogP contribution is -2.29. The molecule has 0 saturated carbocycles. The smallest absolute Gasteiger partial charge is 0.220 e. The summed E-state index contributed by atoms with van der Waals surface area (Å²) in [6.07, 6.45) is 4.21. The first-order chi connectivity index (χ1) is 17.6. The van der Waals surface area contributed by atoms with Gasteiger partial charge in [0.05, 0.1) is 13.3 Å². The summed E-state index contributed by atoms with van der Waals surface area (Å²) in [7, 11) is 1.64. The van der Waals surface area contributed by atoms with Crippen LogP contribution in [0.15, 0.2) is 89.6 Å². The summed E-state index contributed by atoms with van der Waals surface area (Å²) in [5.74, 6) is 1.36. The zero-order valence-corrected chi connectivity index (χ0v) is 19.8. The molecule has 6 nitrogen and oxygen atoms in total. The number of aromatic amines is 1. The average Bonchev–Trinajstić information content (AvgIpc) is 3.56. The average molecular weight is 484 g/mol. The molecule has 3 aromatic carbocycles. The fourth-order valence-corrected chi connectivity index (χ4v) is 4.32. The van der Waals surface area contributed by atoms with E-state index in [4.69, 9.17) is 9.15 Å². The molecule has 1 amide bonds. The van der Waals surface area contributed by atoms with E-state index < -0.39 is 0 Å². The molecule has 182 valence electrons. The lowest BCUT2D eigenvalue weighted by Gasteiger charge is -2.18. The molecule has 1 unspecified atom stereocenters. The van der Waals surface area contributed by atoms with Crippen LogP contribution in [0.5, 0.6) is 5.75 Å². The lowest BCUT2D eigenvalue weighted by atomic mass is 9.90. The van der Waals surface area contributed by atoms with Crippen LogP contribution in [0.25, 0.3) is 22.2 Å². The van der Waals surface area contributed by atoms with Gasteiger partial charge in [-0.05, 0) is 53.6 Å². The zero-order valence-electron chi connectivity index (χ0n) is 19.8. The van der Waals surface area contributed by atoms with E-state index >= 15 is 0 Å². The van der Waals surface area contributed by atoms with Gasteiger partial charge in [0.1, 0.15) is 11.6 Å². The highest BCUT2D eigenvalue weighted by atomic mass is 19.1. The first-order valence-electron chi connectivity index (χ1n) is 11.8. The highest BCUT2D eigenvalue weighted by molar-refractivity contribution is 5.84. The number of nitrogens with one attached hydrogen (secondary N) is 2. The van der Waals surface area contributed by atoms with Crippen LogP contribution in [0, 0.1) is 5.82 Å². The number of carbonyl (C=O) groups excluding carboxylic acids is 1. The number of amides is 1. The standard InChI is InChI=1S/C29H26FN3O3/c1-35-22-12-8-19(9-13-22)24(25-17-31-26-5-3-2-4-23(25)26)16-32-28(34)14-15-29-33-18-27(36-29)20-6-10-21(30)11-7-20/h2-13,17-18,24,31H,14-16H2,1H3,(H,32,34). The van der Waals surface area contributed by atoms with Gasteiger partial charge in [-0.2, -0.15) is 0 Å². The van der Waals surface area contributed by atoms with Crippen molar-refractivity contribution >= 4 is 16.8 Å². The number of halogens is 1. The van der Waals surface area contributed by atoms with Gasteiger partial charge in [-0.25, -0.2) is 9.37 Å². The predicted octanol–water partition coefficient (Wildman–Crippen LogP) is 5.85. The highest BCUT2D eigenvalue weighted by Crippen LogP contribution is 2.31. The quantitative estimate of drug-likeness (QED) is 0.276. The number of carbonyl (C=O) groups is 1. The summed E-state index contributed by atoms with van der Waals surface area (Å²) in [6, 6.07) is 22.1. The number of hydrogen-bond acceptors (Lipinski definition) is 4. The number of fused-ring (bicyclic) bond motifs is 1. The van der Waals surface area contributed by atoms with Gasteiger partial charge in [-0.1, -0.05) is 30.3 Å². The normalized spacial score (nSPS) is 11.9. The van der Waals surface area contributed by atoms with Crippen molar-refractivity contribution in [2.75, 3.05) is 13.7 Å². The maximum absolute atomic E-state index is 13.2. The predicted molar refractivity (Wildman–Crippen MR) is 136 cm³/mol. The number of benzene rings is 3. The molecule has 5 aromatic rings. The molecule has 0 fully saturated rings. The fraction of sp³-hybridized carbons (Fsp3) is 0.172. The van der Waals surface area contributed by atoms with E-state index in [2.05, 4.69) is 21.4 Å². The molecule has 0 radical (unpaired) electrons. The van der Waals surface area contributed by atoms with E-state index in [1.807, 2.05) is 48.7 Å². The Morgan fingerprint density at radius 2 is 1.86 bits per heavy atom. The van der Waals surface area contributed by atoms with Crippen LogP contribution in [0.2, 0.25) is 0 Å². The third-order valence-electron chi connectivity index (χ3n) is 6.27. The topological polar surface area (TPSA) is 80.2 Å². The minimum absolute atomic E-state index is 0.0391. The summed E-state index contributed by atoms with van der Waals surface area (Å²) in [6.45, 7) is 0.444. The molecule has 36 heavy (non-hydrogen) atoms. The summed E-state index contributed by atoms with van der Waals surface area (Å²) >= 11 is 0. The van der Waals surface area contributed by atoms with Crippen LogP contribution in [-0.2, 0) is 11.2 Å². The monoisotopic (exact) mass is 483 g/mol. The Labute approximate surface area is 208 Å². The van der Waals surface area contributed by atoms with Crippen LogP contribution in [0.1, 0.15) is 29.4 Å². The van der Waals surface area contributed by atoms with Gasteiger partial charge in [-0.3, -0.25) is 4.79 Å². The number of aromatic nitrogens is 2. The van der Waals surface area contributed by atoms with Crippen LogP contribution in [-0.4, -0.2) is 29.5 Å². The number of methoxy groups -OCH3 is 1. The molecule has 2 N–H and O–H groups in total. The Balaban J connectivity index is 1.26. The van der Waals surface area contributed by atoms with Crippen molar-refractivity contribution in [1.82, 2.24) is 15.3 Å². The zero-order chi connectivity index (χ0) is 24.9. The Morgan fingerprint density at radius 3 is 2.64 bits per heavy atom. The lowest BCUT2D eigenvalue weighted by molar-refractivity contribution is -0.121. The molecule has 0 aliphatic carbocycles. The van der Waals surface area contributed by atoms with Gasteiger partial charge in [0.2, 0.25) is 5.91 Å². The molecular weight excluding hydrogens is 457 g/mol. The minimum atomic E-state index is -0.309. The van der Waals surface area contributed by atoms with Gasteiger partial charge in [0, 0.05) is 48.0 Å². The minimum Gasteiger partial charge on any atom is -0.497 e. The number of oxazole rings is 1. The molecular formula is C29H26FN3O3. The van der Waals surface area contributed by atoms with Crippen molar-refractivity contribution in [3.05, 3.63) is 108 Å². The van der Waals surface area contributed by atoms with E-state index in [0.717, 1.165) is 33.3 Å². The molecule has 0 aliphatic heterocycles. The van der Waals surface area contributed by atoms with Gasteiger partial charge >= 0.3 is 0 Å². The second-order valence-corrected chi connectivity index (χ2v) is 8.54. The number of H-pyrrole nitrogens is 1. The third kappa shape index (κ3) is 5.15. The van der Waals surface area contributed by atoms with Gasteiger partial charge in [-0.15, -0.1) is 0 Å². The van der Waals surface area contributed by atoms with E-state index in [-0.39, 0.29) is 24.1 Å². The summed E-state index contributed by atoms with van der Waals surface area (Å²) in [5.41, 5.74) is 3.99. The number of nitrogens with zero attached hydrogens (tertiary/aromatic N) is 1. The van der Waals surface area contributed by atoms with Crippen molar-refractivity contribution < 1.29 is 18.3 Å². The Morgan fingerprint density at radius 1 is 1.08 bits per heavy atom. The first kappa shape index (κ1) is 23.4.